The van der Waals surface area contributed by atoms with Crippen molar-refractivity contribution in [1.82, 2.24) is 15.3 Å². The normalized spacial score (nSPS) is 11.4. The van der Waals surface area contributed by atoms with Gasteiger partial charge in [-0.25, -0.2) is 4.98 Å². The summed E-state index contributed by atoms with van der Waals surface area (Å²) in [6.07, 6.45) is 1.70. The average Bonchev–Trinajstić information content (AvgIpc) is 2.82. The van der Waals surface area contributed by atoms with Crippen LogP contribution in [0.2, 0.25) is 0 Å². The van der Waals surface area contributed by atoms with E-state index < -0.39 is 0 Å². The Morgan fingerprint density at radius 1 is 1.19 bits per heavy atom. The highest BCUT2D eigenvalue weighted by atomic mass is 32.1. The minimum Gasteiger partial charge on any atom is -0.377 e. The summed E-state index contributed by atoms with van der Waals surface area (Å²) in [4.78, 5) is 9.01. The maximum absolute atomic E-state index is 5.33. The average molecular weight is 297 g/mol. The van der Waals surface area contributed by atoms with Crippen LogP contribution in [0.4, 0.5) is 0 Å². The van der Waals surface area contributed by atoms with Gasteiger partial charge in [0.1, 0.15) is 5.65 Å². The summed E-state index contributed by atoms with van der Waals surface area (Å²) in [6.45, 7) is 4.20. The molecule has 0 aliphatic carbocycles. The first kappa shape index (κ1) is 14.0. The van der Waals surface area contributed by atoms with Gasteiger partial charge in [0.15, 0.2) is 0 Å². The number of rotatable bonds is 4. The number of nitrogens with one attached hydrogen (secondary N) is 2. The number of aromatic nitrogens is 2. The van der Waals surface area contributed by atoms with Crippen molar-refractivity contribution in [2.75, 3.05) is 0 Å². The van der Waals surface area contributed by atoms with Crippen molar-refractivity contribution in [2.45, 2.75) is 32.7 Å². The molecule has 0 bridgehead atoms. The van der Waals surface area contributed by atoms with E-state index in [4.69, 9.17) is 17.2 Å². The number of para-hydroxylation sites is 1. The van der Waals surface area contributed by atoms with Crippen LogP contribution in [-0.4, -0.2) is 21.0 Å². The molecule has 3 rings (SSSR count). The van der Waals surface area contributed by atoms with E-state index in [9.17, 15) is 0 Å². The van der Waals surface area contributed by atoms with Crippen LogP contribution in [0, 0.1) is 0 Å². The number of benzene rings is 1. The molecule has 108 valence electrons. The van der Waals surface area contributed by atoms with Crippen molar-refractivity contribution >= 4 is 39.1 Å². The Morgan fingerprint density at radius 3 is 2.81 bits per heavy atom. The minimum atomic E-state index is 0.390. The highest BCUT2D eigenvalue weighted by molar-refractivity contribution is 7.80. The second-order valence-corrected chi connectivity index (χ2v) is 6.08. The molecule has 0 amide bonds. The standard InChI is InChI=1S/C17H19N3S/c1-11(2)18-16(21)10-8-12-7-9-14-13-5-3-4-6-15(13)20-17(14)19-12/h3-7,9,11H,8,10H2,1-2H3,(H,18,21)(H,19,20). The van der Waals surface area contributed by atoms with E-state index >= 15 is 0 Å². The quantitative estimate of drug-likeness (QED) is 0.716. The van der Waals surface area contributed by atoms with Crippen molar-refractivity contribution < 1.29 is 0 Å². The lowest BCUT2D eigenvalue weighted by molar-refractivity contribution is 0.726. The Morgan fingerprint density at radius 2 is 2.00 bits per heavy atom. The zero-order valence-corrected chi connectivity index (χ0v) is 13.1. The molecule has 0 saturated carbocycles. The summed E-state index contributed by atoms with van der Waals surface area (Å²) in [5.41, 5.74) is 3.16. The summed E-state index contributed by atoms with van der Waals surface area (Å²) in [5, 5.41) is 5.67. The minimum absolute atomic E-state index is 0.390. The van der Waals surface area contributed by atoms with Gasteiger partial charge >= 0.3 is 0 Å². The molecule has 0 fully saturated rings. The second kappa shape index (κ2) is 5.82. The fourth-order valence-corrected chi connectivity index (χ4v) is 2.88. The molecule has 0 atom stereocenters. The molecule has 0 unspecified atom stereocenters. The topological polar surface area (TPSA) is 40.7 Å². The first-order valence-corrected chi connectivity index (χ1v) is 7.70. The number of aryl methyl sites for hydroxylation is 1. The summed E-state index contributed by atoms with van der Waals surface area (Å²) in [7, 11) is 0. The summed E-state index contributed by atoms with van der Waals surface area (Å²) >= 11 is 5.33. The molecule has 0 spiro atoms. The molecule has 4 heteroatoms. The Bertz CT molecular complexity index is 789. The van der Waals surface area contributed by atoms with Crippen molar-refractivity contribution in [2.24, 2.45) is 0 Å². The van der Waals surface area contributed by atoms with E-state index in [2.05, 4.69) is 54.5 Å². The second-order valence-electron chi connectivity index (χ2n) is 5.59. The molecule has 3 nitrogen and oxygen atoms in total. The Labute approximate surface area is 129 Å². The van der Waals surface area contributed by atoms with Crippen molar-refractivity contribution in [1.29, 1.82) is 0 Å². The Hall–Kier alpha value is -1.94. The van der Waals surface area contributed by atoms with Crippen LogP contribution >= 0.6 is 12.2 Å². The van der Waals surface area contributed by atoms with Gasteiger partial charge in [-0.2, -0.15) is 0 Å². The van der Waals surface area contributed by atoms with Crippen LogP contribution in [0.15, 0.2) is 36.4 Å². The zero-order chi connectivity index (χ0) is 14.8. The summed E-state index contributed by atoms with van der Waals surface area (Å²) in [5.74, 6) is 0. The SMILES string of the molecule is CC(C)NC(=S)CCc1ccc2c(n1)[nH]c1ccccc12. The van der Waals surface area contributed by atoms with Crippen molar-refractivity contribution in [3.8, 4) is 0 Å². The number of aromatic amines is 1. The summed E-state index contributed by atoms with van der Waals surface area (Å²) in [6, 6.07) is 12.9. The Kier molecular flexibility index (Phi) is 3.88. The van der Waals surface area contributed by atoms with Crippen LogP contribution < -0.4 is 5.32 Å². The number of pyridine rings is 1. The largest absolute Gasteiger partial charge is 0.377 e. The lowest BCUT2D eigenvalue weighted by Crippen LogP contribution is -2.28. The fraction of sp³-hybridized carbons (Fsp3) is 0.294. The third kappa shape index (κ3) is 3.05. The van der Waals surface area contributed by atoms with E-state index in [-0.39, 0.29) is 0 Å². The molecule has 2 aromatic heterocycles. The summed E-state index contributed by atoms with van der Waals surface area (Å²) < 4.78 is 0. The monoisotopic (exact) mass is 297 g/mol. The van der Waals surface area contributed by atoms with Gasteiger partial charge in [0.25, 0.3) is 0 Å². The predicted molar refractivity (Wildman–Crippen MR) is 92.8 cm³/mol. The van der Waals surface area contributed by atoms with E-state index in [1.807, 2.05) is 6.07 Å². The first-order valence-electron chi connectivity index (χ1n) is 7.29. The van der Waals surface area contributed by atoms with E-state index in [0.29, 0.717) is 6.04 Å². The van der Waals surface area contributed by atoms with Gasteiger partial charge in [-0.1, -0.05) is 30.4 Å². The van der Waals surface area contributed by atoms with Crippen LogP contribution in [0.3, 0.4) is 0 Å². The van der Waals surface area contributed by atoms with E-state index in [1.54, 1.807) is 0 Å². The van der Waals surface area contributed by atoms with Crippen LogP contribution in [-0.2, 0) is 6.42 Å². The van der Waals surface area contributed by atoms with Gasteiger partial charge in [-0.05, 0) is 38.5 Å². The third-order valence-corrected chi connectivity index (χ3v) is 3.80. The molecular formula is C17H19N3S. The molecule has 0 aliphatic heterocycles. The number of H-pyrrole nitrogens is 1. The lowest BCUT2D eigenvalue weighted by atomic mass is 10.1. The number of hydrogen-bond donors (Lipinski definition) is 2. The van der Waals surface area contributed by atoms with Gasteiger partial charge in [0.05, 0.1) is 4.99 Å². The number of thiocarbonyl (C=S) groups is 1. The maximum Gasteiger partial charge on any atom is 0.138 e. The number of fused-ring (bicyclic) bond motifs is 3. The molecule has 21 heavy (non-hydrogen) atoms. The smallest absolute Gasteiger partial charge is 0.138 e. The molecule has 1 aromatic carbocycles. The van der Waals surface area contributed by atoms with Gasteiger partial charge in [0.2, 0.25) is 0 Å². The fourth-order valence-electron chi connectivity index (χ4n) is 2.54. The van der Waals surface area contributed by atoms with Crippen LogP contribution in [0.5, 0.6) is 0 Å². The predicted octanol–water partition coefficient (Wildman–Crippen LogP) is 3.97. The van der Waals surface area contributed by atoms with Gasteiger partial charge in [0, 0.05) is 34.4 Å². The van der Waals surface area contributed by atoms with Crippen LogP contribution in [0.1, 0.15) is 26.0 Å². The third-order valence-electron chi connectivity index (χ3n) is 3.48. The van der Waals surface area contributed by atoms with E-state index in [1.165, 1.54) is 10.8 Å². The molecule has 0 saturated heterocycles. The zero-order valence-electron chi connectivity index (χ0n) is 12.3. The molecule has 3 aromatic rings. The van der Waals surface area contributed by atoms with E-state index in [0.717, 1.165) is 34.7 Å². The van der Waals surface area contributed by atoms with Crippen molar-refractivity contribution in [3.05, 3.63) is 42.1 Å². The molecule has 0 radical (unpaired) electrons. The van der Waals surface area contributed by atoms with Crippen molar-refractivity contribution in [3.63, 3.8) is 0 Å². The molecule has 0 aliphatic rings. The van der Waals surface area contributed by atoms with Gasteiger partial charge in [-0.15, -0.1) is 0 Å². The van der Waals surface area contributed by atoms with Gasteiger partial charge < -0.3 is 10.3 Å². The highest BCUT2D eigenvalue weighted by Gasteiger charge is 2.06. The van der Waals surface area contributed by atoms with Gasteiger partial charge in [-0.3, -0.25) is 0 Å². The first-order chi connectivity index (χ1) is 10.1. The van der Waals surface area contributed by atoms with Crippen LogP contribution in [0.25, 0.3) is 21.9 Å². The maximum atomic E-state index is 5.33. The Balaban J connectivity index is 1.81. The number of nitrogens with zero attached hydrogens (tertiary/aromatic N) is 1. The highest BCUT2D eigenvalue weighted by Crippen LogP contribution is 2.24. The molecule has 2 heterocycles. The lowest BCUT2D eigenvalue weighted by Gasteiger charge is -2.10. The molecule has 2 N–H and O–H groups in total. The number of hydrogen-bond acceptors (Lipinski definition) is 2. The molecular weight excluding hydrogens is 278 g/mol.